The normalized spacial score (nSPS) is 12.2. The van der Waals surface area contributed by atoms with Crippen molar-refractivity contribution in [3.05, 3.63) is 71.9 Å². The first-order valence-electron chi connectivity index (χ1n) is 10.8. The Labute approximate surface area is 199 Å². The van der Waals surface area contributed by atoms with Gasteiger partial charge in [0.1, 0.15) is 11.4 Å². The van der Waals surface area contributed by atoms with Crippen molar-refractivity contribution < 1.29 is 9.53 Å². The summed E-state index contributed by atoms with van der Waals surface area (Å²) in [5, 5.41) is 10.4. The molecule has 33 heavy (non-hydrogen) atoms. The Morgan fingerprint density at radius 3 is 2.52 bits per heavy atom. The maximum absolute atomic E-state index is 12.1. The fraction of sp³-hybridized carbons (Fsp3) is 0.320. The summed E-state index contributed by atoms with van der Waals surface area (Å²) in [5.41, 5.74) is 3.03. The van der Waals surface area contributed by atoms with E-state index in [0.717, 1.165) is 23.6 Å². The Hall–Kier alpha value is -3.10. The summed E-state index contributed by atoms with van der Waals surface area (Å²) in [7, 11) is 0. The van der Waals surface area contributed by atoms with Crippen molar-refractivity contribution in [2.24, 2.45) is 0 Å². The van der Waals surface area contributed by atoms with Crippen LogP contribution in [-0.4, -0.2) is 27.9 Å². The third-order valence-corrected chi connectivity index (χ3v) is 5.23. The van der Waals surface area contributed by atoms with Gasteiger partial charge in [0.2, 0.25) is 0 Å². The predicted octanol–water partition coefficient (Wildman–Crippen LogP) is 6.14. The van der Waals surface area contributed by atoms with Crippen LogP contribution in [0.25, 0.3) is 0 Å². The Bertz CT molecular complexity index is 1070. The van der Waals surface area contributed by atoms with Gasteiger partial charge in [-0.15, -0.1) is 0 Å². The number of nitrogens with one attached hydrogen (secondary N) is 3. The van der Waals surface area contributed by atoms with Crippen LogP contribution in [0.15, 0.2) is 66.0 Å². The molecule has 0 aliphatic rings. The van der Waals surface area contributed by atoms with Gasteiger partial charge in [-0.25, -0.2) is 14.8 Å². The molecule has 0 aliphatic heterocycles. The van der Waals surface area contributed by atoms with Gasteiger partial charge in [-0.3, -0.25) is 5.32 Å². The molecule has 2 aromatic carbocycles. The molecule has 174 valence electrons. The van der Waals surface area contributed by atoms with Gasteiger partial charge in [-0.1, -0.05) is 48.2 Å². The minimum absolute atomic E-state index is 0.0201. The number of hydrogen-bond donors (Lipinski definition) is 3. The van der Waals surface area contributed by atoms with Crippen LogP contribution < -0.4 is 16.0 Å². The van der Waals surface area contributed by atoms with Gasteiger partial charge in [-0.2, -0.15) is 0 Å². The number of hydrogen-bond acceptors (Lipinski definition) is 7. The number of benzene rings is 2. The zero-order chi connectivity index (χ0) is 23.8. The molecule has 0 radical (unpaired) electrons. The largest absolute Gasteiger partial charge is 0.444 e. The van der Waals surface area contributed by atoms with Crippen molar-refractivity contribution in [2.45, 2.75) is 51.0 Å². The Morgan fingerprint density at radius 2 is 1.82 bits per heavy atom. The Kier molecular flexibility index (Phi) is 8.30. The lowest BCUT2D eigenvalue weighted by atomic mass is 10.1. The van der Waals surface area contributed by atoms with Crippen LogP contribution in [0.3, 0.4) is 0 Å². The summed E-state index contributed by atoms with van der Waals surface area (Å²) >= 11 is 1.48. The number of thioether (sulfide) groups is 1. The van der Waals surface area contributed by atoms with Crippen molar-refractivity contribution in [2.75, 3.05) is 16.9 Å². The van der Waals surface area contributed by atoms with Crippen molar-refractivity contribution in [3.8, 4) is 0 Å². The lowest BCUT2D eigenvalue weighted by Gasteiger charge is -2.20. The van der Waals surface area contributed by atoms with Gasteiger partial charge in [0.15, 0.2) is 5.16 Å². The standard InChI is InChI=1S/C25H31N5O2S/c1-17(26-15-18-10-7-6-8-11-18)21-16-27-23(33-5)30-22(21)28-19-12-9-13-20(14-19)29-24(31)32-25(2,3)4/h6-14,16-17,26H,15H2,1-5H3,(H,29,31)(H,27,28,30). The van der Waals surface area contributed by atoms with E-state index in [1.165, 1.54) is 17.3 Å². The second-order valence-corrected chi connectivity index (χ2v) is 9.35. The molecule has 3 N–H and O–H groups in total. The van der Waals surface area contributed by atoms with E-state index in [9.17, 15) is 4.79 Å². The van der Waals surface area contributed by atoms with E-state index in [-0.39, 0.29) is 6.04 Å². The molecule has 0 saturated heterocycles. The third-order valence-electron chi connectivity index (χ3n) is 4.67. The van der Waals surface area contributed by atoms with E-state index in [0.29, 0.717) is 10.8 Å². The molecule has 3 rings (SSSR count). The van der Waals surface area contributed by atoms with E-state index in [1.807, 2.05) is 75.7 Å². The highest BCUT2D eigenvalue weighted by atomic mass is 32.2. The maximum Gasteiger partial charge on any atom is 0.412 e. The molecule has 0 aliphatic carbocycles. The number of aromatic nitrogens is 2. The van der Waals surface area contributed by atoms with Crippen LogP contribution in [0.4, 0.5) is 22.0 Å². The molecule has 1 heterocycles. The van der Waals surface area contributed by atoms with E-state index in [2.05, 4.69) is 40.0 Å². The third kappa shape index (κ3) is 7.76. The SMILES string of the molecule is CSc1ncc(C(C)NCc2ccccc2)c(Nc2cccc(NC(=O)OC(C)(C)C)c2)n1. The molecule has 1 aromatic heterocycles. The monoisotopic (exact) mass is 465 g/mol. The van der Waals surface area contributed by atoms with Crippen LogP contribution in [0.5, 0.6) is 0 Å². The fourth-order valence-corrected chi connectivity index (χ4v) is 3.44. The number of carbonyl (C=O) groups is 1. The van der Waals surface area contributed by atoms with Crippen LogP contribution in [0.2, 0.25) is 0 Å². The molecule has 1 amide bonds. The topological polar surface area (TPSA) is 88.2 Å². The van der Waals surface area contributed by atoms with Crippen molar-refractivity contribution >= 4 is 35.0 Å². The first kappa shape index (κ1) is 24.5. The number of nitrogens with zero attached hydrogens (tertiary/aromatic N) is 2. The second kappa shape index (κ2) is 11.2. The summed E-state index contributed by atoms with van der Waals surface area (Å²) in [6.45, 7) is 8.32. The van der Waals surface area contributed by atoms with Crippen LogP contribution >= 0.6 is 11.8 Å². The van der Waals surface area contributed by atoms with E-state index in [4.69, 9.17) is 9.72 Å². The quantitative estimate of drug-likeness (QED) is 0.272. The van der Waals surface area contributed by atoms with E-state index >= 15 is 0 Å². The summed E-state index contributed by atoms with van der Waals surface area (Å²) in [6, 6.07) is 17.7. The van der Waals surface area contributed by atoms with Gasteiger partial charge in [-0.05, 0) is 57.7 Å². The Morgan fingerprint density at radius 1 is 1.09 bits per heavy atom. The molecule has 8 heteroatoms. The number of anilines is 3. The fourth-order valence-electron chi connectivity index (χ4n) is 3.10. The highest BCUT2D eigenvalue weighted by Gasteiger charge is 2.17. The molecule has 0 spiro atoms. The lowest BCUT2D eigenvalue weighted by molar-refractivity contribution is 0.0636. The summed E-state index contributed by atoms with van der Waals surface area (Å²) in [6.07, 6.45) is 3.30. The minimum atomic E-state index is -0.563. The summed E-state index contributed by atoms with van der Waals surface area (Å²) < 4.78 is 5.34. The van der Waals surface area contributed by atoms with Gasteiger partial charge < -0.3 is 15.4 Å². The smallest absolute Gasteiger partial charge is 0.412 e. The predicted molar refractivity (Wildman–Crippen MR) is 135 cm³/mol. The zero-order valence-electron chi connectivity index (χ0n) is 19.7. The average molecular weight is 466 g/mol. The molecule has 0 bridgehead atoms. The first-order valence-corrected chi connectivity index (χ1v) is 12.0. The van der Waals surface area contributed by atoms with Gasteiger partial charge in [0, 0.05) is 35.7 Å². The zero-order valence-corrected chi connectivity index (χ0v) is 20.5. The van der Waals surface area contributed by atoms with Crippen molar-refractivity contribution in [3.63, 3.8) is 0 Å². The van der Waals surface area contributed by atoms with Gasteiger partial charge in [0.25, 0.3) is 0 Å². The Balaban J connectivity index is 1.76. The highest BCUT2D eigenvalue weighted by molar-refractivity contribution is 7.98. The summed E-state index contributed by atoms with van der Waals surface area (Å²) in [5.74, 6) is 0.719. The van der Waals surface area contributed by atoms with Crippen LogP contribution in [0.1, 0.15) is 44.9 Å². The van der Waals surface area contributed by atoms with Crippen molar-refractivity contribution in [1.29, 1.82) is 0 Å². The summed E-state index contributed by atoms with van der Waals surface area (Å²) in [4.78, 5) is 21.3. The molecular weight excluding hydrogens is 434 g/mol. The molecule has 0 saturated carbocycles. The highest BCUT2D eigenvalue weighted by Crippen LogP contribution is 2.27. The van der Waals surface area contributed by atoms with E-state index < -0.39 is 11.7 Å². The van der Waals surface area contributed by atoms with Crippen LogP contribution in [-0.2, 0) is 11.3 Å². The molecule has 3 aromatic rings. The number of carbonyl (C=O) groups excluding carboxylic acids is 1. The van der Waals surface area contributed by atoms with E-state index in [1.54, 1.807) is 0 Å². The molecule has 1 atom stereocenters. The second-order valence-electron chi connectivity index (χ2n) is 8.58. The number of amides is 1. The van der Waals surface area contributed by atoms with Crippen molar-refractivity contribution in [1.82, 2.24) is 15.3 Å². The van der Waals surface area contributed by atoms with Gasteiger partial charge in [0.05, 0.1) is 0 Å². The molecule has 1 unspecified atom stereocenters. The molecular formula is C25H31N5O2S. The number of ether oxygens (including phenoxy) is 1. The average Bonchev–Trinajstić information content (AvgIpc) is 2.77. The van der Waals surface area contributed by atoms with Gasteiger partial charge >= 0.3 is 6.09 Å². The molecule has 7 nitrogen and oxygen atoms in total. The number of rotatable bonds is 8. The maximum atomic E-state index is 12.1. The lowest BCUT2D eigenvalue weighted by Crippen LogP contribution is -2.27. The first-order chi connectivity index (χ1) is 15.7. The molecule has 0 fully saturated rings. The van der Waals surface area contributed by atoms with Crippen LogP contribution in [0, 0.1) is 0 Å². The minimum Gasteiger partial charge on any atom is -0.444 e.